The van der Waals surface area contributed by atoms with E-state index in [1.807, 2.05) is 19.1 Å². The van der Waals surface area contributed by atoms with Crippen LogP contribution in [0.5, 0.6) is 0 Å². The molecule has 0 radical (unpaired) electrons. The Balaban J connectivity index is 0.00000264. The lowest BCUT2D eigenvalue weighted by Crippen LogP contribution is -2.41. The van der Waals surface area contributed by atoms with Gasteiger partial charge in [0.1, 0.15) is 0 Å². The Kier molecular flexibility index (Phi) is 8.02. The molecule has 2 aromatic rings. The van der Waals surface area contributed by atoms with Crippen LogP contribution in [0.2, 0.25) is 5.02 Å². The van der Waals surface area contributed by atoms with E-state index in [1.165, 1.54) is 0 Å². The van der Waals surface area contributed by atoms with Crippen LogP contribution in [0.1, 0.15) is 25.7 Å². The SMILES string of the molecule is CCCC(N)C(=O)NCCc1nc(-c2cccc(Cl)c2)no1.Cl. The van der Waals surface area contributed by atoms with Crippen LogP contribution in [0.4, 0.5) is 0 Å². The lowest BCUT2D eigenvalue weighted by atomic mass is 10.2. The second kappa shape index (κ2) is 9.50. The molecule has 2 rings (SSSR count). The molecule has 1 heterocycles. The van der Waals surface area contributed by atoms with Crippen molar-refractivity contribution in [3.05, 3.63) is 35.2 Å². The van der Waals surface area contributed by atoms with Crippen molar-refractivity contribution < 1.29 is 9.32 Å². The van der Waals surface area contributed by atoms with Gasteiger partial charge in [0, 0.05) is 23.6 Å². The maximum atomic E-state index is 11.7. The normalized spacial score (nSPS) is 11.6. The Labute approximate surface area is 146 Å². The second-order valence-electron chi connectivity index (χ2n) is 4.96. The van der Waals surface area contributed by atoms with E-state index in [1.54, 1.807) is 12.1 Å². The summed E-state index contributed by atoms with van der Waals surface area (Å²) >= 11 is 5.93. The molecule has 0 aliphatic carbocycles. The summed E-state index contributed by atoms with van der Waals surface area (Å²) in [6.07, 6.45) is 2.00. The van der Waals surface area contributed by atoms with Gasteiger partial charge in [-0.2, -0.15) is 4.98 Å². The average molecular weight is 359 g/mol. The maximum Gasteiger partial charge on any atom is 0.236 e. The molecule has 8 heteroatoms. The highest BCUT2D eigenvalue weighted by Crippen LogP contribution is 2.19. The van der Waals surface area contributed by atoms with Crippen molar-refractivity contribution in [2.24, 2.45) is 5.73 Å². The van der Waals surface area contributed by atoms with Crippen molar-refractivity contribution in [2.75, 3.05) is 6.54 Å². The van der Waals surface area contributed by atoms with Gasteiger partial charge in [0.05, 0.1) is 6.04 Å². The number of aromatic nitrogens is 2. The quantitative estimate of drug-likeness (QED) is 0.793. The third-order valence-electron chi connectivity index (χ3n) is 3.13. The van der Waals surface area contributed by atoms with E-state index >= 15 is 0 Å². The molecule has 1 unspecified atom stereocenters. The zero-order valence-electron chi connectivity index (χ0n) is 12.8. The number of carbonyl (C=O) groups excluding carboxylic acids is 1. The predicted molar refractivity (Wildman–Crippen MR) is 91.6 cm³/mol. The van der Waals surface area contributed by atoms with Gasteiger partial charge in [-0.05, 0) is 18.6 Å². The number of nitrogens with one attached hydrogen (secondary N) is 1. The first-order chi connectivity index (χ1) is 10.6. The monoisotopic (exact) mass is 358 g/mol. The van der Waals surface area contributed by atoms with E-state index in [4.69, 9.17) is 21.9 Å². The van der Waals surface area contributed by atoms with Crippen molar-refractivity contribution in [1.82, 2.24) is 15.5 Å². The largest absolute Gasteiger partial charge is 0.354 e. The van der Waals surface area contributed by atoms with Gasteiger partial charge in [-0.25, -0.2) is 0 Å². The molecule has 126 valence electrons. The minimum absolute atomic E-state index is 0. The summed E-state index contributed by atoms with van der Waals surface area (Å²) in [5.41, 5.74) is 6.51. The highest BCUT2D eigenvalue weighted by molar-refractivity contribution is 6.30. The van der Waals surface area contributed by atoms with E-state index in [0.29, 0.717) is 36.1 Å². The van der Waals surface area contributed by atoms with Crippen LogP contribution < -0.4 is 11.1 Å². The fourth-order valence-electron chi connectivity index (χ4n) is 1.97. The van der Waals surface area contributed by atoms with Crippen LogP contribution in [-0.4, -0.2) is 28.6 Å². The summed E-state index contributed by atoms with van der Waals surface area (Å²) in [4.78, 5) is 16.0. The van der Waals surface area contributed by atoms with Crippen LogP contribution >= 0.6 is 24.0 Å². The number of rotatable bonds is 7. The van der Waals surface area contributed by atoms with Crippen LogP contribution in [0.25, 0.3) is 11.4 Å². The van der Waals surface area contributed by atoms with E-state index in [-0.39, 0.29) is 18.3 Å². The van der Waals surface area contributed by atoms with Gasteiger partial charge >= 0.3 is 0 Å². The van der Waals surface area contributed by atoms with Gasteiger partial charge in [-0.15, -0.1) is 12.4 Å². The van der Waals surface area contributed by atoms with Crippen molar-refractivity contribution >= 4 is 29.9 Å². The van der Waals surface area contributed by atoms with Crippen LogP contribution in [0.3, 0.4) is 0 Å². The number of hydrogen-bond acceptors (Lipinski definition) is 5. The topological polar surface area (TPSA) is 94.0 Å². The zero-order valence-corrected chi connectivity index (χ0v) is 14.4. The number of hydrogen-bond donors (Lipinski definition) is 2. The molecular formula is C15H20Cl2N4O2. The number of halogens is 2. The number of carbonyl (C=O) groups is 1. The lowest BCUT2D eigenvalue weighted by molar-refractivity contribution is -0.122. The number of nitrogens with zero attached hydrogens (tertiary/aromatic N) is 2. The highest BCUT2D eigenvalue weighted by atomic mass is 35.5. The van der Waals surface area contributed by atoms with Gasteiger partial charge in [0.2, 0.25) is 17.6 Å². The van der Waals surface area contributed by atoms with Crippen LogP contribution in [0, 0.1) is 0 Å². The van der Waals surface area contributed by atoms with Gasteiger partial charge in [-0.1, -0.05) is 42.2 Å². The zero-order chi connectivity index (χ0) is 15.9. The summed E-state index contributed by atoms with van der Waals surface area (Å²) in [7, 11) is 0. The molecule has 1 atom stereocenters. The van der Waals surface area contributed by atoms with Crippen molar-refractivity contribution in [1.29, 1.82) is 0 Å². The third kappa shape index (κ3) is 5.82. The molecule has 3 N–H and O–H groups in total. The van der Waals surface area contributed by atoms with Gasteiger partial charge < -0.3 is 15.6 Å². The molecule has 0 spiro atoms. The molecule has 6 nitrogen and oxygen atoms in total. The Bertz CT molecular complexity index is 633. The van der Waals surface area contributed by atoms with E-state index in [2.05, 4.69) is 15.5 Å². The van der Waals surface area contributed by atoms with Crippen molar-refractivity contribution in [2.45, 2.75) is 32.2 Å². The minimum Gasteiger partial charge on any atom is -0.354 e. The smallest absolute Gasteiger partial charge is 0.236 e. The molecule has 1 amide bonds. The Morgan fingerprint density at radius 1 is 1.48 bits per heavy atom. The molecule has 0 bridgehead atoms. The molecule has 0 fully saturated rings. The summed E-state index contributed by atoms with van der Waals surface area (Å²) in [6.45, 7) is 2.40. The summed E-state index contributed by atoms with van der Waals surface area (Å²) in [5, 5.41) is 7.28. The molecule has 0 saturated carbocycles. The molecule has 1 aromatic carbocycles. The van der Waals surface area contributed by atoms with E-state index in [9.17, 15) is 4.79 Å². The Morgan fingerprint density at radius 3 is 2.96 bits per heavy atom. The van der Waals surface area contributed by atoms with E-state index < -0.39 is 6.04 Å². The number of amides is 1. The van der Waals surface area contributed by atoms with E-state index in [0.717, 1.165) is 12.0 Å². The van der Waals surface area contributed by atoms with Gasteiger partial charge in [0.15, 0.2) is 0 Å². The maximum absolute atomic E-state index is 11.7. The predicted octanol–water partition coefficient (Wildman–Crippen LogP) is 2.60. The number of benzene rings is 1. The number of nitrogens with two attached hydrogens (primary N) is 1. The first kappa shape index (κ1) is 19.4. The molecule has 0 saturated heterocycles. The Morgan fingerprint density at radius 2 is 2.26 bits per heavy atom. The molecule has 1 aromatic heterocycles. The standard InChI is InChI=1S/C15H19ClN4O2.ClH/c1-2-4-12(17)15(21)18-8-7-13-19-14(20-22-13)10-5-3-6-11(16)9-10;/h3,5-6,9,12H,2,4,7-8,17H2,1H3,(H,18,21);1H. The van der Waals surface area contributed by atoms with Crippen molar-refractivity contribution in [3.63, 3.8) is 0 Å². The second-order valence-corrected chi connectivity index (χ2v) is 5.39. The van der Waals surface area contributed by atoms with Crippen LogP contribution in [0.15, 0.2) is 28.8 Å². The van der Waals surface area contributed by atoms with Crippen LogP contribution in [-0.2, 0) is 11.2 Å². The average Bonchev–Trinajstić information content (AvgIpc) is 2.96. The fraction of sp³-hybridized carbons (Fsp3) is 0.400. The van der Waals surface area contributed by atoms with Gasteiger partial charge in [0.25, 0.3) is 0 Å². The lowest BCUT2D eigenvalue weighted by Gasteiger charge is -2.09. The summed E-state index contributed by atoms with van der Waals surface area (Å²) in [6, 6.07) is 6.76. The molecular weight excluding hydrogens is 339 g/mol. The molecule has 23 heavy (non-hydrogen) atoms. The first-order valence-corrected chi connectivity index (χ1v) is 7.59. The Hall–Kier alpha value is -1.63. The first-order valence-electron chi connectivity index (χ1n) is 7.22. The fourth-order valence-corrected chi connectivity index (χ4v) is 2.16. The minimum atomic E-state index is -0.463. The molecule has 0 aliphatic heterocycles. The van der Waals surface area contributed by atoms with Crippen molar-refractivity contribution in [3.8, 4) is 11.4 Å². The highest BCUT2D eigenvalue weighted by Gasteiger charge is 2.13. The van der Waals surface area contributed by atoms with Gasteiger partial charge in [-0.3, -0.25) is 4.79 Å². The molecule has 0 aliphatic rings. The third-order valence-corrected chi connectivity index (χ3v) is 3.36. The summed E-state index contributed by atoms with van der Waals surface area (Å²) in [5.74, 6) is 0.780. The summed E-state index contributed by atoms with van der Waals surface area (Å²) < 4.78 is 5.16.